The second kappa shape index (κ2) is 7.59. The van der Waals surface area contributed by atoms with E-state index in [9.17, 15) is 4.79 Å². The van der Waals surface area contributed by atoms with Crippen LogP contribution in [0.25, 0.3) is 27.7 Å². The highest BCUT2D eigenvalue weighted by atomic mass is 16.5. The lowest BCUT2D eigenvalue weighted by atomic mass is 10.3. The molecule has 7 heteroatoms. The molecule has 0 aliphatic rings. The number of esters is 1. The summed E-state index contributed by atoms with van der Waals surface area (Å²) in [5.41, 5.74) is 3.46. The Kier molecular flexibility index (Phi) is 5.00. The summed E-state index contributed by atoms with van der Waals surface area (Å²) in [4.78, 5) is 21.8. The summed E-state index contributed by atoms with van der Waals surface area (Å²) in [7, 11) is 1.69. The molecule has 0 saturated heterocycles. The van der Waals surface area contributed by atoms with Gasteiger partial charge in [0.25, 0.3) is 0 Å². The lowest BCUT2D eigenvalue weighted by molar-refractivity contribution is -0.133. The van der Waals surface area contributed by atoms with E-state index in [-0.39, 0.29) is 5.97 Å². The molecule has 0 aliphatic heterocycles. The molecule has 0 N–H and O–H groups in total. The van der Waals surface area contributed by atoms with Crippen LogP contribution in [0.3, 0.4) is 0 Å². The van der Waals surface area contributed by atoms with Crippen molar-refractivity contribution in [2.75, 3.05) is 13.7 Å². The molecule has 0 aliphatic carbocycles. The van der Waals surface area contributed by atoms with E-state index in [1.807, 2.05) is 35.0 Å². The minimum absolute atomic E-state index is 0.273. The summed E-state index contributed by atoms with van der Waals surface area (Å²) in [5, 5.41) is 0.771. The lowest BCUT2D eigenvalue weighted by Gasteiger charge is -2.08. The van der Waals surface area contributed by atoms with Gasteiger partial charge in [0.1, 0.15) is 16.9 Å². The third-order valence-corrected chi connectivity index (χ3v) is 4.87. The summed E-state index contributed by atoms with van der Waals surface area (Å²) >= 11 is 0. The minimum Gasteiger partial charge on any atom is -0.424 e. The zero-order chi connectivity index (χ0) is 19.7. The maximum absolute atomic E-state index is 12.0. The molecule has 3 heterocycles. The largest absolute Gasteiger partial charge is 0.424 e. The number of hydrogen-bond acceptors (Lipinski definition) is 5. The number of fused-ring (bicyclic) bond motifs is 5. The van der Waals surface area contributed by atoms with Crippen LogP contribution in [0.1, 0.15) is 32.5 Å². The maximum atomic E-state index is 12.0. The molecule has 0 atom stereocenters. The number of methoxy groups -OCH3 is 1. The van der Waals surface area contributed by atoms with Gasteiger partial charge in [0.2, 0.25) is 0 Å². The number of carbonyl (C=O) groups is 1. The molecule has 3 aromatic heterocycles. The predicted molar refractivity (Wildman–Crippen MR) is 108 cm³/mol. The average Bonchev–Trinajstić information content (AvgIpc) is 3.26. The van der Waals surface area contributed by atoms with Crippen molar-refractivity contribution in [3.63, 3.8) is 0 Å². The molecular weight excluding hydrogens is 356 g/mol. The van der Waals surface area contributed by atoms with Crippen molar-refractivity contribution in [3.05, 3.63) is 36.3 Å². The van der Waals surface area contributed by atoms with Gasteiger partial charge in [0, 0.05) is 39.3 Å². The van der Waals surface area contributed by atoms with Crippen molar-refractivity contribution in [2.45, 2.75) is 39.7 Å². The first kappa shape index (κ1) is 18.4. The van der Waals surface area contributed by atoms with Crippen LogP contribution < -0.4 is 4.74 Å². The second-order valence-electron chi connectivity index (χ2n) is 6.70. The quantitative estimate of drug-likeness (QED) is 0.361. The average molecular weight is 380 g/mol. The van der Waals surface area contributed by atoms with Gasteiger partial charge < -0.3 is 14.0 Å². The van der Waals surface area contributed by atoms with Gasteiger partial charge in [-0.1, -0.05) is 26.0 Å². The number of aryl methyl sites for hydroxylation is 2. The summed E-state index contributed by atoms with van der Waals surface area (Å²) < 4.78 is 14.9. The number of nitrogens with zero attached hydrogens (tertiary/aromatic N) is 4. The molecule has 146 valence electrons. The van der Waals surface area contributed by atoms with E-state index in [2.05, 4.69) is 11.3 Å². The zero-order valence-electron chi connectivity index (χ0n) is 16.4. The molecule has 0 amide bonds. The number of aromatic nitrogens is 4. The van der Waals surface area contributed by atoms with Gasteiger partial charge in [0.05, 0.1) is 11.0 Å². The SMILES string of the molecule is CCC(=O)Oc1cn(CCCOC)c2nc(CC)n3c4ccccc4nc3c12. The van der Waals surface area contributed by atoms with E-state index in [0.29, 0.717) is 18.8 Å². The molecule has 0 saturated carbocycles. The fourth-order valence-corrected chi connectivity index (χ4v) is 3.54. The Balaban J connectivity index is 2.02. The predicted octanol–water partition coefficient (Wildman–Crippen LogP) is 3.75. The van der Waals surface area contributed by atoms with Crippen molar-refractivity contribution in [2.24, 2.45) is 0 Å². The molecule has 0 radical (unpaired) electrons. The van der Waals surface area contributed by atoms with Crippen LogP contribution in [-0.2, 0) is 22.5 Å². The molecule has 0 fully saturated rings. The van der Waals surface area contributed by atoms with Crippen LogP contribution in [0, 0.1) is 0 Å². The molecule has 7 nitrogen and oxygen atoms in total. The second-order valence-corrected chi connectivity index (χ2v) is 6.70. The highest BCUT2D eigenvalue weighted by molar-refractivity contribution is 6.00. The van der Waals surface area contributed by atoms with E-state index in [4.69, 9.17) is 19.4 Å². The van der Waals surface area contributed by atoms with E-state index in [1.54, 1.807) is 14.0 Å². The third kappa shape index (κ3) is 3.01. The monoisotopic (exact) mass is 380 g/mol. The van der Waals surface area contributed by atoms with Crippen LogP contribution in [0.4, 0.5) is 0 Å². The van der Waals surface area contributed by atoms with Gasteiger partial charge in [-0.25, -0.2) is 9.97 Å². The van der Waals surface area contributed by atoms with E-state index in [0.717, 1.165) is 52.9 Å². The standard InChI is InChI=1S/C21H24N4O3/c1-4-17-23-20-19(21-22-14-9-6-7-10-15(14)25(17)21)16(28-18(26)5-2)13-24(20)11-8-12-27-3/h6-7,9-10,13H,4-5,8,11-12H2,1-3H3. The lowest BCUT2D eigenvalue weighted by Crippen LogP contribution is -2.06. The molecule has 28 heavy (non-hydrogen) atoms. The molecular formula is C21H24N4O3. The maximum Gasteiger partial charge on any atom is 0.310 e. The van der Waals surface area contributed by atoms with E-state index < -0.39 is 0 Å². The van der Waals surface area contributed by atoms with Crippen LogP contribution in [0.15, 0.2) is 30.5 Å². The molecule has 0 spiro atoms. The Morgan fingerprint density at radius 3 is 2.71 bits per heavy atom. The topological polar surface area (TPSA) is 70.7 Å². The highest BCUT2D eigenvalue weighted by Gasteiger charge is 2.21. The zero-order valence-corrected chi connectivity index (χ0v) is 16.4. The van der Waals surface area contributed by atoms with Crippen molar-refractivity contribution < 1.29 is 14.3 Å². The van der Waals surface area contributed by atoms with Crippen molar-refractivity contribution in [1.82, 2.24) is 18.9 Å². The third-order valence-electron chi connectivity index (χ3n) is 4.87. The van der Waals surface area contributed by atoms with Crippen molar-refractivity contribution in [3.8, 4) is 5.75 Å². The molecule has 0 bridgehead atoms. The Bertz CT molecular complexity index is 1160. The summed E-state index contributed by atoms with van der Waals surface area (Å²) in [6.45, 7) is 5.24. The number of benzene rings is 1. The Hall–Kier alpha value is -2.93. The summed E-state index contributed by atoms with van der Waals surface area (Å²) in [5.74, 6) is 1.16. The number of rotatable bonds is 7. The Labute approximate surface area is 162 Å². The minimum atomic E-state index is -0.273. The van der Waals surface area contributed by atoms with Gasteiger partial charge in [0.15, 0.2) is 11.4 Å². The van der Waals surface area contributed by atoms with E-state index >= 15 is 0 Å². The molecule has 4 aromatic rings. The van der Waals surface area contributed by atoms with Crippen LogP contribution in [0.2, 0.25) is 0 Å². The van der Waals surface area contributed by atoms with E-state index in [1.165, 1.54) is 0 Å². The first-order valence-electron chi connectivity index (χ1n) is 9.66. The normalized spacial score (nSPS) is 11.7. The first-order valence-corrected chi connectivity index (χ1v) is 9.66. The first-order chi connectivity index (χ1) is 13.7. The fourth-order valence-electron chi connectivity index (χ4n) is 3.54. The number of hydrogen-bond donors (Lipinski definition) is 0. The van der Waals surface area contributed by atoms with Gasteiger partial charge in [-0.3, -0.25) is 9.20 Å². The summed E-state index contributed by atoms with van der Waals surface area (Å²) in [6, 6.07) is 7.99. The number of carbonyl (C=O) groups excluding carboxylic acids is 1. The van der Waals surface area contributed by atoms with Crippen LogP contribution in [-0.4, -0.2) is 38.6 Å². The van der Waals surface area contributed by atoms with Gasteiger partial charge >= 0.3 is 5.97 Å². The fraction of sp³-hybridized carbons (Fsp3) is 0.381. The van der Waals surface area contributed by atoms with Crippen LogP contribution in [0.5, 0.6) is 5.75 Å². The van der Waals surface area contributed by atoms with Gasteiger partial charge in [-0.2, -0.15) is 0 Å². The Morgan fingerprint density at radius 1 is 1.14 bits per heavy atom. The molecule has 4 rings (SSSR count). The number of imidazole rings is 1. The van der Waals surface area contributed by atoms with Gasteiger partial charge in [-0.15, -0.1) is 0 Å². The summed E-state index contributed by atoms with van der Waals surface area (Å²) in [6.07, 6.45) is 3.77. The van der Waals surface area contributed by atoms with Crippen molar-refractivity contribution >= 4 is 33.7 Å². The van der Waals surface area contributed by atoms with Crippen LogP contribution >= 0.6 is 0 Å². The van der Waals surface area contributed by atoms with Gasteiger partial charge in [-0.05, 0) is 18.6 Å². The number of para-hydroxylation sites is 2. The smallest absolute Gasteiger partial charge is 0.310 e. The molecule has 1 aromatic carbocycles. The highest BCUT2D eigenvalue weighted by Crippen LogP contribution is 2.33. The Morgan fingerprint density at radius 2 is 1.96 bits per heavy atom. The number of ether oxygens (including phenoxy) is 2. The van der Waals surface area contributed by atoms with Crippen molar-refractivity contribution in [1.29, 1.82) is 0 Å². The molecule has 0 unspecified atom stereocenters.